The van der Waals surface area contributed by atoms with E-state index in [1.165, 1.54) is 0 Å². The van der Waals surface area contributed by atoms with Crippen LogP contribution in [0.1, 0.15) is 35.7 Å². The standard InChI is InChI=1S/C10H12NO/c1-7(2)8-4-3-5-9(6-8)10(11)12/h4-7H,1-2H3,(H2,11,12). The fraction of sp³-hybridized carbons (Fsp3) is 0.300. The Labute approximate surface area is 72.4 Å². The highest BCUT2D eigenvalue weighted by molar-refractivity contribution is 5.92. The van der Waals surface area contributed by atoms with Crippen LogP contribution >= 0.6 is 0 Å². The summed E-state index contributed by atoms with van der Waals surface area (Å²) < 4.78 is 0. The van der Waals surface area contributed by atoms with Gasteiger partial charge in [0.05, 0.1) is 0 Å². The van der Waals surface area contributed by atoms with Crippen molar-refractivity contribution in [2.45, 2.75) is 19.8 Å². The number of amides is 1. The van der Waals surface area contributed by atoms with Crippen LogP contribution in [-0.2, 0) is 0 Å². The van der Waals surface area contributed by atoms with E-state index >= 15 is 0 Å². The van der Waals surface area contributed by atoms with E-state index in [0.29, 0.717) is 11.5 Å². The normalized spacial score (nSPS) is 10.2. The molecule has 2 heteroatoms. The van der Waals surface area contributed by atoms with Crippen LogP contribution in [0.4, 0.5) is 0 Å². The zero-order valence-corrected chi connectivity index (χ0v) is 7.29. The molecule has 2 N–H and O–H groups in total. The van der Waals surface area contributed by atoms with Gasteiger partial charge in [0.25, 0.3) is 0 Å². The summed E-state index contributed by atoms with van der Waals surface area (Å²) in [5.74, 6) is 0.00861. The highest BCUT2D eigenvalue weighted by Gasteiger charge is 2.03. The van der Waals surface area contributed by atoms with E-state index in [1.54, 1.807) is 6.07 Å². The zero-order chi connectivity index (χ0) is 9.14. The lowest BCUT2D eigenvalue weighted by Gasteiger charge is -2.05. The number of carbonyl (C=O) groups is 1. The van der Waals surface area contributed by atoms with Gasteiger partial charge in [-0.25, -0.2) is 0 Å². The highest BCUT2D eigenvalue weighted by Crippen LogP contribution is 2.14. The Hall–Kier alpha value is -1.31. The van der Waals surface area contributed by atoms with E-state index in [1.807, 2.05) is 12.1 Å². The lowest BCUT2D eigenvalue weighted by molar-refractivity contribution is 0.1000. The first-order valence-electron chi connectivity index (χ1n) is 3.92. The lowest BCUT2D eigenvalue weighted by atomic mass is 10.0. The van der Waals surface area contributed by atoms with Crippen LogP contribution in [0.3, 0.4) is 0 Å². The van der Waals surface area contributed by atoms with Crippen molar-refractivity contribution >= 4 is 5.91 Å². The Balaban J connectivity index is 3.04. The molecule has 0 aliphatic heterocycles. The second kappa shape index (κ2) is 3.39. The van der Waals surface area contributed by atoms with Gasteiger partial charge in [-0.3, -0.25) is 4.79 Å². The van der Waals surface area contributed by atoms with Gasteiger partial charge < -0.3 is 5.73 Å². The Kier molecular flexibility index (Phi) is 2.48. The third-order valence-electron chi connectivity index (χ3n) is 1.76. The fourth-order valence-electron chi connectivity index (χ4n) is 0.966. The van der Waals surface area contributed by atoms with E-state index in [9.17, 15) is 4.79 Å². The molecule has 0 saturated carbocycles. The molecule has 1 radical (unpaired) electrons. The van der Waals surface area contributed by atoms with Crippen LogP contribution in [0.15, 0.2) is 18.2 Å². The molecular formula is C10H12NO. The minimum absolute atomic E-state index is 0.395. The van der Waals surface area contributed by atoms with E-state index in [-0.39, 0.29) is 0 Å². The van der Waals surface area contributed by atoms with Crippen molar-refractivity contribution in [1.29, 1.82) is 0 Å². The van der Waals surface area contributed by atoms with Gasteiger partial charge in [0.15, 0.2) is 0 Å². The molecule has 0 spiro atoms. The second-order valence-electron chi connectivity index (χ2n) is 3.07. The minimum atomic E-state index is -0.395. The van der Waals surface area contributed by atoms with Gasteiger partial charge in [-0.05, 0) is 29.7 Å². The number of carbonyl (C=O) groups excluding carboxylic acids is 1. The maximum atomic E-state index is 10.8. The molecule has 0 bridgehead atoms. The number of hydrogen-bond acceptors (Lipinski definition) is 1. The molecule has 0 fully saturated rings. The van der Waals surface area contributed by atoms with Crippen molar-refractivity contribution in [3.8, 4) is 0 Å². The third kappa shape index (κ3) is 1.84. The largest absolute Gasteiger partial charge is 0.366 e. The molecule has 1 aromatic carbocycles. The van der Waals surface area contributed by atoms with Gasteiger partial charge in [-0.2, -0.15) is 0 Å². The fourth-order valence-corrected chi connectivity index (χ4v) is 0.966. The molecule has 0 saturated heterocycles. The van der Waals surface area contributed by atoms with Crippen LogP contribution in [0.2, 0.25) is 0 Å². The lowest BCUT2D eigenvalue weighted by Crippen LogP contribution is -2.11. The first-order valence-corrected chi connectivity index (χ1v) is 3.92. The van der Waals surface area contributed by atoms with E-state index in [2.05, 4.69) is 19.9 Å². The monoisotopic (exact) mass is 162 g/mol. The summed E-state index contributed by atoms with van der Waals surface area (Å²) in [5, 5.41) is 0. The van der Waals surface area contributed by atoms with Crippen LogP contribution < -0.4 is 5.73 Å². The molecule has 12 heavy (non-hydrogen) atoms. The summed E-state index contributed by atoms with van der Waals surface area (Å²) in [4.78, 5) is 10.8. The summed E-state index contributed by atoms with van der Waals surface area (Å²) in [6, 6.07) is 8.18. The Bertz CT molecular complexity index is 292. The van der Waals surface area contributed by atoms with Crippen molar-refractivity contribution in [1.82, 2.24) is 0 Å². The smallest absolute Gasteiger partial charge is 0.248 e. The van der Waals surface area contributed by atoms with Gasteiger partial charge in [-0.15, -0.1) is 0 Å². The first kappa shape index (κ1) is 8.78. The summed E-state index contributed by atoms with van der Waals surface area (Å²) in [6.45, 7) is 4.13. The summed E-state index contributed by atoms with van der Waals surface area (Å²) in [6.07, 6.45) is 0. The summed E-state index contributed by atoms with van der Waals surface area (Å²) >= 11 is 0. The van der Waals surface area contributed by atoms with Crippen molar-refractivity contribution < 1.29 is 4.79 Å². The molecule has 0 aliphatic rings. The molecule has 0 aliphatic carbocycles. The minimum Gasteiger partial charge on any atom is -0.366 e. The van der Waals surface area contributed by atoms with Crippen molar-refractivity contribution in [2.24, 2.45) is 5.73 Å². The van der Waals surface area contributed by atoms with E-state index in [4.69, 9.17) is 5.73 Å². The van der Waals surface area contributed by atoms with Crippen LogP contribution in [0.25, 0.3) is 0 Å². The Morgan fingerprint density at radius 1 is 1.50 bits per heavy atom. The molecular weight excluding hydrogens is 150 g/mol. The maximum absolute atomic E-state index is 10.8. The van der Waals surface area contributed by atoms with Crippen molar-refractivity contribution in [3.05, 3.63) is 35.4 Å². The number of rotatable bonds is 2. The maximum Gasteiger partial charge on any atom is 0.248 e. The topological polar surface area (TPSA) is 43.1 Å². The number of hydrogen-bond donors (Lipinski definition) is 1. The quantitative estimate of drug-likeness (QED) is 0.706. The first-order chi connectivity index (χ1) is 5.61. The van der Waals surface area contributed by atoms with Crippen LogP contribution in [-0.4, -0.2) is 5.91 Å². The average Bonchev–Trinajstić information content (AvgIpc) is 2.04. The molecule has 0 heterocycles. The number of nitrogens with two attached hydrogens (primary N) is 1. The molecule has 0 atom stereocenters. The van der Waals surface area contributed by atoms with Crippen LogP contribution in [0.5, 0.6) is 0 Å². The molecule has 0 aromatic heterocycles. The predicted octanol–water partition coefficient (Wildman–Crippen LogP) is 1.71. The zero-order valence-electron chi connectivity index (χ0n) is 7.29. The van der Waals surface area contributed by atoms with Crippen molar-refractivity contribution in [3.63, 3.8) is 0 Å². The molecule has 0 unspecified atom stereocenters. The predicted molar refractivity (Wildman–Crippen MR) is 47.9 cm³/mol. The molecule has 1 amide bonds. The molecule has 2 nitrogen and oxygen atoms in total. The van der Waals surface area contributed by atoms with Crippen LogP contribution in [0, 0.1) is 6.07 Å². The van der Waals surface area contributed by atoms with Gasteiger partial charge in [0.1, 0.15) is 0 Å². The Morgan fingerprint density at radius 3 is 2.67 bits per heavy atom. The number of primary amides is 1. The third-order valence-corrected chi connectivity index (χ3v) is 1.76. The average molecular weight is 162 g/mol. The highest BCUT2D eigenvalue weighted by atomic mass is 16.1. The van der Waals surface area contributed by atoms with Gasteiger partial charge >= 0.3 is 0 Å². The SMILES string of the molecule is CC(C)c1c[c]cc(C(N)=O)c1. The van der Waals surface area contributed by atoms with Gasteiger partial charge in [-0.1, -0.05) is 19.9 Å². The Morgan fingerprint density at radius 2 is 2.17 bits per heavy atom. The van der Waals surface area contributed by atoms with E-state index < -0.39 is 5.91 Å². The van der Waals surface area contributed by atoms with Gasteiger partial charge in [0, 0.05) is 5.56 Å². The van der Waals surface area contributed by atoms with Gasteiger partial charge in [0.2, 0.25) is 5.91 Å². The number of benzene rings is 1. The molecule has 1 rings (SSSR count). The summed E-state index contributed by atoms with van der Waals surface area (Å²) in [5.41, 5.74) is 6.74. The summed E-state index contributed by atoms with van der Waals surface area (Å²) in [7, 11) is 0. The van der Waals surface area contributed by atoms with Crippen molar-refractivity contribution in [2.75, 3.05) is 0 Å². The molecule has 1 aromatic rings. The van der Waals surface area contributed by atoms with E-state index in [0.717, 1.165) is 5.56 Å². The molecule has 63 valence electrons. The second-order valence-corrected chi connectivity index (χ2v) is 3.07.